The Hall–Kier alpha value is -1.75. The maximum Gasteiger partial charge on any atom is 0.244 e. The molecule has 17 heavy (non-hydrogen) atoms. The molecule has 1 aliphatic rings. The molecule has 1 aliphatic heterocycles. The number of methoxy groups -OCH3 is 1. The van der Waals surface area contributed by atoms with Crippen LogP contribution in [0.1, 0.15) is 0 Å². The van der Waals surface area contributed by atoms with Gasteiger partial charge in [-0.2, -0.15) is 0 Å². The Morgan fingerprint density at radius 3 is 3.00 bits per heavy atom. The molecule has 1 aromatic rings. The molecule has 1 N–H and O–H groups in total. The molecule has 6 heteroatoms. The van der Waals surface area contributed by atoms with Crippen LogP contribution in [0.5, 0.6) is 5.75 Å². The lowest BCUT2D eigenvalue weighted by molar-refractivity contribution is -0.120. The van der Waals surface area contributed by atoms with Gasteiger partial charge in [0, 0.05) is 6.07 Å². The number of rotatable bonds is 2. The van der Waals surface area contributed by atoms with Crippen molar-refractivity contribution in [2.45, 2.75) is 0 Å². The molecule has 0 fully saturated rings. The van der Waals surface area contributed by atoms with E-state index in [1.54, 1.807) is 18.2 Å². The molecule has 0 saturated carbocycles. The van der Waals surface area contributed by atoms with Crippen LogP contribution < -0.4 is 15.0 Å². The standard InChI is InChI=1S/C11H11ClN2O3/c1-17-7-2-3-8-9(4-7)14(11(16)5-12)6-10(15)13-8/h2-4H,5-6H2,1H3,(H,13,15). The van der Waals surface area contributed by atoms with Crippen LogP contribution >= 0.6 is 11.6 Å². The molecule has 0 bridgehead atoms. The number of fused-ring (bicyclic) bond motifs is 1. The van der Waals surface area contributed by atoms with Gasteiger partial charge in [0.25, 0.3) is 0 Å². The second-order valence-electron chi connectivity index (χ2n) is 3.54. The smallest absolute Gasteiger partial charge is 0.244 e. The molecule has 0 spiro atoms. The fourth-order valence-corrected chi connectivity index (χ4v) is 1.82. The number of nitrogens with zero attached hydrogens (tertiary/aromatic N) is 1. The summed E-state index contributed by atoms with van der Waals surface area (Å²) in [6.45, 7) is -0.0221. The van der Waals surface area contributed by atoms with E-state index in [9.17, 15) is 9.59 Å². The normalized spacial score (nSPS) is 14.0. The van der Waals surface area contributed by atoms with Crippen molar-refractivity contribution in [1.82, 2.24) is 0 Å². The quantitative estimate of drug-likeness (QED) is 0.808. The lowest BCUT2D eigenvalue weighted by atomic mass is 10.2. The number of nitrogens with one attached hydrogen (secondary N) is 1. The molecule has 1 aromatic carbocycles. The minimum absolute atomic E-state index is 0.0221. The molecular formula is C11H11ClN2O3. The van der Waals surface area contributed by atoms with Gasteiger partial charge in [-0.3, -0.25) is 14.5 Å². The summed E-state index contributed by atoms with van der Waals surface area (Å²) in [7, 11) is 1.54. The monoisotopic (exact) mass is 254 g/mol. The summed E-state index contributed by atoms with van der Waals surface area (Å²) in [4.78, 5) is 24.4. The lowest BCUT2D eigenvalue weighted by Crippen LogP contribution is -2.42. The van der Waals surface area contributed by atoms with Gasteiger partial charge < -0.3 is 10.1 Å². The first kappa shape index (κ1) is 11.7. The zero-order valence-electron chi connectivity index (χ0n) is 9.20. The van der Waals surface area contributed by atoms with Crippen LogP contribution in [0.4, 0.5) is 11.4 Å². The Balaban J connectivity index is 2.45. The Bertz CT molecular complexity index is 476. The second-order valence-corrected chi connectivity index (χ2v) is 3.81. The number of carbonyl (C=O) groups is 2. The summed E-state index contributed by atoms with van der Waals surface area (Å²) in [5, 5.41) is 2.69. The molecule has 0 aromatic heterocycles. The number of carbonyl (C=O) groups excluding carboxylic acids is 2. The van der Waals surface area contributed by atoms with Crippen molar-refractivity contribution in [3.63, 3.8) is 0 Å². The van der Waals surface area contributed by atoms with Crippen LogP contribution in [0, 0.1) is 0 Å². The summed E-state index contributed by atoms with van der Waals surface area (Å²) >= 11 is 5.52. The van der Waals surface area contributed by atoms with Crippen molar-refractivity contribution >= 4 is 34.8 Å². The molecule has 0 atom stereocenters. The third-order valence-corrected chi connectivity index (χ3v) is 2.72. The lowest BCUT2D eigenvalue weighted by Gasteiger charge is -2.28. The number of hydrogen-bond acceptors (Lipinski definition) is 3. The van der Waals surface area contributed by atoms with Gasteiger partial charge in [-0.15, -0.1) is 11.6 Å². The number of anilines is 2. The van der Waals surface area contributed by atoms with Crippen molar-refractivity contribution < 1.29 is 14.3 Å². The first-order valence-corrected chi connectivity index (χ1v) is 5.53. The molecule has 1 heterocycles. The maximum atomic E-state index is 11.6. The highest BCUT2D eigenvalue weighted by Crippen LogP contribution is 2.33. The van der Waals surface area contributed by atoms with Gasteiger partial charge in [0.05, 0.1) is 18.5 Å². The van der Waals surface area contributed by atoms with Gasteiger partial charge in [0.1, 0.15) is 18.2 Å². The summed E-state index contributed by atoms with van der Waals surface area (Å²) in [5.74, 6) is -0.0892. The molecule has 2 rings (SSSR count). The Morgan fingerprint density at radius 1 is 1.59 bits per heavy atom. The molecular weight excluding hydrogens is 244 g/mol. The van der Waals surface area contributed by atoms with E-state index in [2.05, 4.69) is 5.32 Å². The fraction of sp³-hybridized carbons (Fsp3) is 0.273. The van der Waals surface area contributed by atoms with Crippen molar-refractivity contribution in [2.75, 3.05) is 29.8 Å². The van der Waals surface area contributed by atoms with E-state index in [-0.39, 0.29) is 24.2 Å². The van der Waals surface area contributed by atoms with Gasteiger partial charge in [-0.05, 0) is 12.1 Å². The number of alkyl halides is 1. The predicted octanol–water partition coefficient (Wildman–Crippen LogP) is 1.22. The van der Waals surface area contributed by atoms with Crippen molar-refractivity contribution in [2.24, 2.45) is 0 Å². The van der Waals surface area contributed by atoms with E-state index in [4.69, 9.17) is 16.3 Å². The van der Waals surface area contributed by atoms with Crippen molar-refractivity contribution in [3.05, 3.63) is 18.2 Å². The van der Waals surface area contributed by atoms with Crippen LogP contribution in [-0.2, 0) is 9.59 Å². The van der Waals surface area contributed by atoms with Crippen LogP contribution in [0.2, 0.25) is 0 Å². The van der Waals surface area contributed by atoms with Crippen LogP contribution in [0.15, 0.2) is 18.2 Å². The minimum Gasteiger partial charge on any atom is -0.497 e. The van der Waals surface area contributed by atoms with Crippen molar-refractivity contribution in [1.29, 1.82) is 0 Å². The molecule has 0 aliphatic carbocycles. The third kappa shape index (κ3) is 2.19. The molecule has 0 saturated heterocycles. The van der Waals surface area contributed by atoms with Crippen molar-refractivity contribution in [3.8, 4) is 5.75 Å². The third-order valence-electron chi connectivity index (χ3n) is 2.49. The highest BCUT2D eigenvalue weighted by molar-refractivity contribution is 6.30. The number of ether oxygens (including phenoxy) is 1. The predicted molar refractivity (Wildman–Crippen MR) is 64.7 cm³/mol. The molecule has 0 radical (unpaired) electrons. The topological polar surface area (TPSA) is 58.6 Å². The Morgan fingerprint density at radius 2 is 2.35 bits per heavy atom. The van der Waals surface area contributed by atoms with E-state index in [0.29, 0.717) is 17.1 Å². The minimum atomic E-state index is -0.309. The van der Waals surface area contributed by atoms with E-state index in [1.165, 1.54) is 12.0 Å². The van der Waals surface area contributed by atoms with Gasteiger partial charge in [-0.1, -0.05) is 0 Å². The van der Waals surface area contributed by atoms with Crippen LogP contribution in [-0.4, -0.2) is 31.3 Å². The largest absolute Gasteiger partial charge is 0.497 e. The second kappa shape index (κ2) is 4.63. The van der Waals surface area contributed by atoms with Crippen LogP contribution in [0.3, 0.4) is 0 Å². The highest BCUT2D eigenvalue weighted by Gasteiger charge is 2.26. The first-order valence-electron chi connectivity index (χ1n) is 5.00. The van der Waals surface area contributed by atoms with E-state index >= 15 is 0 Å². The maximum absolute atomic E-state index is 11.6. The molecule has 5 nitrogen and oxygen atoms in total. The fourth-order valence-electron chi connectivity index (χ4n) is 1.68. The van der Waals surface area contributed by atoms with E-state index < -0.39 is 0 Å². The summed E-state index contributed by atoms with van der Waals surface area (Å²) in [6.07, 6.45) is 0. The first-order chi connectivity index (χ1) is 8.15. The molecule has 0 unspecified atom stereocenters. The van der Waals surface area contributed by atoms with Gasteiger partial charge >= 0.3 is 0 Å². The zero-order valence-corrected chi connectivity index (χ0v) is 9.95. The van der Waals surface area contributed by atoms with Crippen LogP contribution in [0.25, 0.3) is 0 Å². The summed E-state index contributed by atoms with van der Waals surface area (Å²) in [6, 6.07) is 5.10. The highest BCUT2D eigenvalue weighted by atomic mass is 35.5. The van der Waals surface area contributed by atoms with Gasteiger partial charge in [-0.25, -0.2) is 0 Å². The SMILES string of the molecule is COc1ccc2c(c1)N(C(=O)CCl)CC(=O)N2. The number of amides is 2. The van der Waals surface area contributed by atoms with E-state index in [0.717, 1.165) is 0 Å². The average molecular weight is 255 g/mol. The Labute approximate surface area is 103 Å². The Kier molecular flexibility index (Phi) is 3.19. The van der Waals surface area contributed by atoms with E-state index in [1.807, 2.05) is 0 Å². The number of benzene rings is 1. The molecule has 2 amide bonds. The average Bonchev–Trinajstić information content (AvgIpc) is 2.36. The summed E-state index contributed by atoms with van der Waals surface area (Å²) in [5.41, 5.74) is 1.19. The zero-order chi connectivity index (χ0) is 12.4. The summed E-state index contributed by atoms with van der Waals surface area (Å²) < 4.78 is 5.09. The van der Waals surface area contributed by atoms with Gasteiger partial charge in [0.2, 0.25) is 11.8 Å². The molecule has 90 valence electrons. The number of hydrogen-bond donors (Lipinski definition) is 1. The number of halogens is 1. The van der Waals surface area contributed by atoms with Gasteiger partial charge in [0.15, 0.2) is 0 Å².